The summed E-state index contributed by atoms with van der Waals surface area (Å²) < 4.78 is 0. The van der Waals surface area contributed by atoms with Crippen LogP contribution in [0.25, 0.3) is 0 Å². The SMILES string of the molecule is CCC(C)[C@H]1C(=O)N([C@@H](CCCCN)C(=O)NCCCCCCCCCCC(=O)C2CCNCC2)CC(=O)N1C. The fourth-order valence-corrected chi connectivity index (χ4v) is 6.01. The van der Waals surface area contributed by atoms with Gasteiger partial charge in [0.15, 0.2) is 0 Å². The lowest BCUT2D eigenvalue weighted by Gasteiger charge is -2.43. The van der Waals surface area contributed by atoms with E-state index in [1.165, 1.54) is 24.2 Å². The molecule has 2 rings (SSSR count). The fourth-order valence-electron chi connectivity index (χ4n) is 6.01. The Labute approximate surface area is 242 Å². The zero-order valence-electron chi connectivity index (χ0n) is 25.6. The molecule has 0 aromatic rings. The molecule has 0 aliphatic carbocycles. The fraction of sp³-hybridized carbons (Fsp3) is 0.871. The van der Waals surface area contributed by atoms with Gasteiger partial charge in [-0.25, -0.2) is 0 Å². The van der Waals surface area contributed by atoms with Gasteiger partial charge in [-0.3, -0.25) is 19.2 Å². The van der Waals surface area contributed by atoms with Crippen molar-refractivity contribution in [2.75, 3.05) is 39.8 Å². The van der Waals surface area contributed by atoms with Crippen molar-refractivity contribution >= 4 is 23.5 Å². The molecule has 3 atom stereocenters. The predicted octanol–water partition coefficient (Wildman–Crippen LogP) is 3.40. The number of amides is 3. The van der Waals surface area contributed by atoms with Gasteiger partial charge < -0.3 is 26.2 Å². The number of Topliss-reactive ketones (excluding diaryl/α,β-unsaturated/α-hetero) is 1. The van der Waals surface area contributed by atoms with Crippen LogP contribution in [0.4, 0.5) is 0 Å². The number of piperazine rings is 1. The summed E-state index contributed by atoms with van der Waals surface area (Å²) in [5.41, 5.74) is 5.67. The first-order chi connectivity index (χ1) is 19.3. The third kappa shape index (κ3) is 11.1. The number of nitrogens with zero attached hydrogens (tertiary/aromatic N) is 2. The molecule has 2 saturated heterocycles. The summed E-state index contributed by atoms with van der Waals surface area (Å²) >= 11 is 0. The average Bonchev–Trinajstić information content (AvgIpc) is 2.96. The van der Waals surface area contributed by atoms with E-state index in [9.17, 15) is 19.2 Å². The second-order valence-electron chi connectivity index (χ2n) is 12.0. The minimum atomic E-state index is -0.634. The molecular formula is C31H57N5O4. The van der Waals surface area contributed by atoms with E-state index in [0.717, 1.165) is 83.7 Å². The number of piperidine rings is 1. The van der Waals surface area contributed by atoms with E-state index in [-0.39, 0.29) is 36.1 Å². The average molecular weight is 564 g/mol. The highest BCUT2D eigenvalue weighted by Crippen LogP contribution is 2.24. The molecule has 2 aliphatic heterocycles. The van der Waals surface area contributed by atoms with Gasteiger partial charge in [-0.1, -0.05) is 58.8 Å². The number of hydrogen-bond donors (Lipinski definition) is 3. The van der Waals surface area contributed by atoms with E-state index in [1.54, 1.807) is 11.9 Å². The van der Waals surface area contributed by atoms with Crippen molar-refractivity contribution in [2.45, 2.75) is 122 Å². The summed E-state index contributed by atoms with van der Waals surface area (Å²) in [5.74, 6) is 0.372. The van der Waals surface area contributed by atoms with Crippen molar-refractivity contribution in [1.82, 2.24) is 20.4 Å². The lowest BCUT2D eigenvalue weighted by molar-refractivity contribution is -0.161. The summed E-state index contributed by atoms with van der Waals surface area (Å²) in [6.45, 7) is 7.02. The zero-order chi connectivity index (χ0) is 29.3. The summed E-state index contributed by atoms with van der Waals surface area (Å²) in [6, 6.07) is -1.16. The monoisotopic (exact) mass is 563 g/mol. The first-order valence-electron chi connectivity index (χ1n) is 16.1. The first-order valence-corrected chi connectivity index (χ1v) is 16.1. The minimum Gasteiger partial charge on any atom is -0.354 e. The van der Waals surface area contributed by atoms with Crippen LogP contribution in [0.15, 0.2) is 0 Å². The van der Waals surface area contributed by atoms with Crippen LogP contribution in [0, 0.1) is 11.8 Å². The van der Waals surface area contributed by atoms with Crippen molar-refractivity contribution in [3.8, 4) is 0 Å². The second-order valence-corrected chi connectivity index (χ2v) is 12.0. The zero-order valence-corrected chi connectivity index (χ0v) is 25.6. The van der Waals surface area contributed by atoms with Gasteiger partial charge in [-0.05, 0) is 70.5 Å². The second kappa shape index (κ2) is 19.2. The van der Waals surface area contributed by atoms with Gasteiger partial charge in [-0.2, -0.15) is 0 Å². The topological polar surface area (TPSA) is 125 Å². The van der Waals surface area contributed by atoms with E-state index < -0.39 is 12.1 Å². The van der Waals surface area contributed by atoms with E-state index in [0.29, 0.717) is 25.3 Å². The normalized spacial score (nSPS) is 20.1. The molecule has 2 aliphatic rings. The Hall–Kier alpha value is -2.00. The molecule has 9 heteroatoms. The quantitative estimate of drug-likeness (QED) is 0.195. The maximum absolute atomic E-state index is 13.4. The van der Waals surface area contributed by atoms with Gasteiger partial charge in [0.25, 0.3) is 0 Å². The van der Waals surface area contributed by atoms with Crippen molar-refractivity contribution in [2.24, 2.45) is 17.6 Å². The summed E-state index contributed by atoms with van der Waals surface area (Å²) in [5, 5.41) is 6.36. The summed E-state index contributed by atoms with van der Waals surface area (Å²) in [6.07, 6.45) is 14.3. The molecule has 0 aromatic heterocycles. The van der Waals surface area contributed by atoms with Crippen molar-refractivity contribution in [3.05, 3.63) is 0 Å². The standard InChI is InChI=1S/C31H57N5O4/c1-4-24(2)29-31(40)36(23-28(38)35(29)3)26(15-12-13-19-32)30(39)34-20-14-10-8-6-5-7-9-11-16-27(37)25-17-21-33-22-18-25/h24-26,29,33H,4-23,32H2,1-3H3,(H,34,39)/t24?,26-,29-/m0/s1. The number of likely N-dealkylation sites (N-methyl/N-ethyl adjacent to an activating group) is 1. The Kier molecular flexibility index (Phi) is 16.4. The maximum Gasteiger partial charge on any atom is 0.246 e. The van der Waals surface area contributed by atoms with E-state index in [4.69, 9.17) is 5.73 Å². The Morgan fingerprint density at radius 3 is 2.23 bits per heavy atom. The Balaban J connectivity index is 1.66. The van der Waals surface area contributed by atoms with Crippen LogP contribution < -0.4 is 16.4 Å². The first kappa shape index (κ1) is 34.2. The molecule has 0 aromatic carbocycles. The van der Waals surface area contributed by atoms with Crippen LogP contribution in [0.1, 0.15) is 110 Å². The predicted molar refractivity (Wildman–Crippen MR) is 160 cm³/mol. The van der Waals surface area contributed by atoms with Gasteiger partial charge in [0.2, 0.25) is 17.7 Å². The molecule has 40 heavy (non-hydrogen) atoms. The molecule has 0 bridgehead atoms. The van der Waals surface area contributed by atoms with E-state index in [1.807, 2.05) is 13.8 Å². The number of nitrogens with two attached hydrogens (primary N) is 1. The summed E-state index contributed by atoms with van der Waals surface area (Å²) in [7, 11) is 1.69. The van der Waals surface area contributed by atoms with Crippen LogP contribution in [-0.4, -0.2) is 85.2 Å². The number of ketones is 1. The number of carbonyl (C=O) groups is 4. The number of hydrogen-bond acceptors (Lipinski definition) is 6. The molecule has 230 valence electrons. The van der Waals surface area contributed by atoms with Gasteiger partial charge in [0.1, 0.15) is 24.4 Å². The van der Waals surface area contributed by atoms with Gasteiger partial charge >= 0.3 is 0 Å². The number of nitrogens with one attached hydrogen (secondary N) is 2. The van der Waals surface area contributed by atoms with Gasteiger partial charge in [-0.15, -0.1) is 0 Å². The molecular weight excluding hydrogens is 506 g/mol. The van der Waals surface area contributed by atoms with Crippen molar-refractivity contribution < 1.29 is 19.2 Å². The van der Waals surface area contributed by atoms with Crippen LogP contribution in [0.2, 0.25) is 0 Å². The van der Waals surface area contributed by atoms with Gasteiger partial charge in [0, 0.05) is 25.9 Å². The molecule has 3 amide bonds. The molecule has 4 N–H and O–H groups in total. The van der Waals surface area contributed by atoms with Crippen molar-refractivity contribution in [3.63, 3.8) is 0 Å². The molecule has 0 radical (unpaired) electrons. The molecule has 0 spiro atoms. The maximum atomic E-state index is 13.4. The largest absolute Gasteiger partial charge is 0.354 e. The van der Waals surface area contributed by atoms with Gasteiger partial charge in [0.05, 0.1) is 0 Å². The number of rotatable bonds is 20. The highest BCUT2D eigenvalue weighted by molar-refractivity contribution is 5.98. The van der Waals surface area contributed by atoms with Crippen LogP contribution >= 0.6 is 0 Å². The highest BCUT2D eigenvalue weighted by atomic mass is 16.2. The Morgan fingerprint density at radius 1 is 0.975 bits per heavy atom. The van der Waals surface area contributed by atoms with Crippen LogP contribution in [-0.2, 0) is 19.2 Å². The third-order valence-corrected chi connectivity index (χ3v) is 8.89. The lowest BCUT2D eigenvalue weighted by Crippen LogP contribution is -2.64. The molecule has 1 unspecified atom stereocenters. The Bertz CT molecular complexity index is 786. The number of carbonyl (C=O) groups excluding carboxylic acids is 4. The molecule has 2 heterocycles. The smallest absolute Gasteiger partial charge is 0.246 e. The van der Waals surface area contributed by atoms with Crippen LogP contribution in [0.3, 0.4) is 0 Å². The molecule has 9 nitrogen and oxygen atoms in total. The highest BCUT2D eigenvalue weighted by Gasteiger charge is 2.43. The Morgan fingerprint density at radius 2 is 1.60 bits per heavy atom. The molecule has 0 saturated carbocycles. The minimum absolute atomic E-state index is 0.0267. The van der Waals surface area contributed by atoms with Crippen LogP contribution in [0.5, 0.6) is 0 Å². The van der Waals surface area contributed by atoms with E-state index in [2.05, 4.69) is 10.6 Å². The van der Waals surface area contributed by atoms with Crippen molar-refractivity contribution in [1.29, 1.82) is 0 Å². The van der Waals surface area contributed by atoms with E-state index >= 15 is 0 Å². The lowest BCUT2D eigenvalue weighted by atomic mass is 9.90. The number of unbranched alkanes of at least 4 members (excludes halogenated alkanes) is 8. The molecule has 2 fully saturated rings. The summed E-state index contributed by atoms with van der Waals surface area (Å²) in [4.78, 5) is 54.7. The third-order valence-electron chi connectivity index (χ3n) is 8.89.